The molecular weight excluding hydrogens is 399 g/mol. The van der Waals surface area contributed by atoms with Gasteiger partial charge in [-0.3, -0.25) is 9.78 Å². The fourth-order valence-electron chi connectivity index (χ4n) is 2.56. The molecule has 2 aromatic heterocycles. The molecule has 1 amide bonds. The van der Waals surface area contributed by atoms with Gasteiger partial charge in [-0.2, -0.15) is 0 Å². The Morgan fingerprint density at radius 3 is 2.75 bits per heavy atom. The van der Waals surface area contributed by atoms with Crippen LogP contribution in [0.3, 0.4) is 0 Å². The summed E-state index contributed by atoms with van der Waals surface area (Å²) in [5, 5.41) is 3.74. The van der Waals surface area contributed by atoms with Crippen LogP contribution >= 0.6 is 23.2 Å². The fraction of sp³-hybridized carbons (Fsp3) is 0.150. The van der Waals surface area contributed by atoms with Gasteiger partial charge >= 0.3 is 0 Å². The van der Waals surface area contributed by atoms with Crippen LogP contribution < -0.4 is 15.0 Å². The predicted octanol–water partition coefficient (Wildman–Crippen LogP) is 4.57. The molecule has 0 fully saturated rings. The Kier molecular flexibility index (Phi) is 6.34. The standard InChI is InChI=1S/C20H18Cl2N4O2/c1-26(2)19-13(4-3-8-24-19)11-25-20(27)15-12-23-9-7-17(15)28-18-10-14(21)5-6-16(18)22/h3-10,12H,11H2,1-2H3,(H,25,27). The van der Waals surface area contributed by atoms with Crippen molar-refractivity contribution in [3.05, 3.63) is 76.2 Å². The summed E-state index contributed by atoms with van der Waals surface area (Å²) in [6.45, 7) is 0.312. The first-order chi connectivity index (χ1) is 13.5. The van der Waals surface area contributed by atoms with E-state index in [0.717, 1.165) is 11.4 Å². The topological polar surface area (TPSA) is 67.4 Å². The molecule has 0 aliphatic heterocycles. The van der Waals surface area contributed by atoms with Crippen molar-refractivity contribution >= 4 is 34.9 Å². The number of anilines is 1. The maximum Gasteiger partial charge on any atom is 0.256 e. The van der Waals surface area contributed by atoms with Gasteiger partial charge in [0.15, 0.2) is 0 Å². The Labute approximate surface area is 173 Å². The van der Waals surface area contributed by atoms with Gasteiger partial charge in [0.25, 0.3) is 5.91 Å². The van der Waals surface area contributed by atoms with Gasteiger partial charge in [0.2, 0.25) is 0 Å². The minimum atomic E-state index is -0.324. The first kappa shape index (κ1) is 19.9. The third-order valence-corrected chi connectivity index (χ3v) is 4.42. The lowest BCUT2D eigenvalue weighted by Crippen LogP contribution is -2.25. The summed E-state index contributed by atoms with van der Waals surface area (Å²) in [4.78, 5) is 23.0. The Bertz CT molecular complexity index is 995. The number of carbonyl (C=O) groups is 1. The van der Waals surface area contributed by atoms with Gasteiger partial charge in [-0.15, -0.1) is 0 Å². The minimum absolute atomic E-state index is 0.286. The third kappa shape index (κ3) is 4.71. The summed E-state index contributed by atoms with van der Waals surface area (Å²) in [6, 6.07) is 10.2. The van der Waals surface area contributed by atoms with Gasteiger partial charge in [-0.05, 0) is 24.3 Å². The first-order valence-electron chi connectivity index (χ1n) is 8.42. The molecule has 0 aliphatic carbocycles. The summed E-state index contributed by atoms with van der Waals surface area (Å²) in [5.74, 6) is 1.15. The number of rotatable bonds is 6. The van der Waals surface area contributed by atoms with Crippen molar-refractivity contribution in [1.82, 2.24) is 15.3 Å². The summed E-state index contributed by atoms with van der Waals surface area (Å²) in [6.07, 6.45) is 4.69. The fourth-order valence-corrected chi connectivity index (χ4v) is 2.87. The predicted molar refractivity (Wildman–Crippen MR) is 111 cm³/mol. The molecule has 6 nitrogen and oxygen atoms in total. The van der Waals surface area contributed by atoms with E-state index in [1.54, 1.807) is 30.5 Å². The Hall–Kier alpha value is -2.83. The van der Waals surface area contributed by atoms with Crippen molar-refractivity contribution in [3.8, 4) is 11.5 Å². The van der Waals surface area contributed by atoms with Crippen molar-refractivity contribution in [2.45, 2.75) is 6.54 Å². The molecule has 0 saturated carbocycles. The van der Waals surface area contributed by atoms with Gasteiger partial charge < -0.3 is 15.0 Å². The lowest BCUT2D eigenvalue weighted by atomic mass is 10.2. The summed E-state index contributed by atoms with van der Waals surface area (Å²) >= 11 is 12.2. The number of ether oxygens (including phenoxy) is 1. The number of aromatic nitrogens is 2. The van der Waals surface area contributed by atoms with Crippen LogP contribution in [-0.2, 0) is 6.54 Å². The Morgan fingerprint density at radius 1 is 1.14 bits per heavy atom. The van der Waals surface area contributed by atoms with Crippen molar-refractivity contribution in [2.75, 3.05) is 19.0 Å². The van der Waals surface area contributed by atoms with Crippen molar-refractivity contribution < 1.29 is 9.53 Å². The molecule has 0 radical (unpaired) electrons. The molecule has 0 spiro atoms. The highest BCUT2D eigenvalue weighted by atomic mass is 35.5. The van der Waals surface area contributed by atoms with Gasteiger partial charge in [0, 0.05) is 55.9 Å². The van der Waals surface area contributed by atoms with Crippen LogP contribution in [0.2, 0.25) is 10.0 Å². The average Bonchev–Trinajstić information content (AvgIpc) is 2.69. The zero-order chi connectivity index (χ0) is 20.1. The van der Waals surface area contributed by atoms with E-state index in [0.29, 0.717) is 28.1 Å². The molecule has 144 valence electrons. The molecule has 0 atom stereocenters. The van der Waals surface area contributed by atoms with E-state index in [1.807, 2.05) is 31.1 Å². The van der Waals surface area contributed by atoms with E-state index < -0.39 is 0 Å². The van der Waals surface area contributed by atoms with E-state index in [2.05, 4.69) is 15.3 Å². The molecule has 1 aromatic carbocycles. The Balaban J connectivity index is 1.79. The second-order valence-corrected chi connectivity index (χ2v) is 6.96. The van der Waals surface area contributed by atoms with Gasteiger partial charge in [-0.1, -0.05) is 29.3 Å². The maximum absolute atomic E-state index is 12.7. The number of hydrogen-bond donors (Lipinski definition) is 1. The smallest absolute Gasteiger partial charge is 0.256 e. The zero-order valence-electron chi connectivity index (χ0n) is 15.3. The number of pyridine rings is 2. The summed E-state index contributed by atoms with van der Waals surface area (Å²) in [5.41, 5.74) is 1.18. The molecular formula is C20H18Cl2N4O2. The van der Waals surface area contributed by atoms with Crippen LogP contribution in [0.5, 0.6) is 11.5 Å². The summed E-state index contributed by atoms with van der Waals surface area (Å²) in [7, 11) is 3.80. The van der Waals surface area contributed by atoms with E-state index >= 15 is 0 Å². The number of carbonyl (C=O) groups excluding carboxylic acids is 1. The monoisotopic (exact) mass is 416 g/mol. The number of nitrogens with zero attached hydrogens (tertiary/aromatic N) is 3. The molecule has 0 saturated heterocycles. The van der Waals surface area contributed by atoms with Gasteiger partial charge in [0.05, 0.1) is 5.02 Å². The van der Waals surface area contributed by atoms with Crippen LogP contribution in [0.25, 0.3) is 0 Å². The van der Waals surface area contributed by atoms with Crippen LogP contribution in [-0.4, -0.2) is 30.0 Å². The molecule has 0 bridgehead atoms. The van der Waals surface area contributed by atoms with Crippen LogP contribution in [0, 0.1) is 0 Å². The van der Waals surface area contributed by atoms with Gasteiger partial charge in [0.1, 0.15) is 22.9 Å². The number of benzene rings is 1. The van der Waals surface area contributed by atoms with E-state index in [9.17, 15) is 4.79 Å². The second kappa shape index (κ2) is 8.91. The lowest BCUT2D eigenvalue weighted by molar-refractivity contribution is 0.0948. The quantitative estimate of drug-likeness (QED) is 0.637. The zero-order valence-corrected chi connectivity index (χ0v) is 16.8. The van der Waals surface area contributed by atoms with Crippen molar-refractivity contribution in [3.63, 3.8) is 0 Å². The highest BCUT2D eigenvalue weighted by Crippen LogP contribution is 2.33. The maximum atomic E-state index is 12.7. The third-order valence-electron chi connectivity index (χ3n) is 3.87. The number of hydrogen-bond acceptors (Lipinski definition) is 5. The SMILES string of the molecule is CN(C)c1ncccc1CNC(=O)c1cnccc1Oc1cc(Cl)ccc1Cl. The van der Waals surface area contributed by atoms with Crippen LogP contribution in [0.1, 0.15) is 15.9 Å². The van der Waals surface area contributed by atoms with Crippen molar-refractivity contribution in [2.24, 2.45) is 0 Å². The van der Waals surface area contributed by atoms with Crippen LogP contribution in [0.4, 0.5) is 5.82 Å². The van der Waals surface area contributed by atoms with Gasteiger partial charge in [-0.25, -0.2) is 4.98 Å². The van der Waals surface area contributed by atoms with Crippen molar-refractivity contribution in [1.29, 1.82) is 0 Å². The molecule has 1 N–H and O–H groups in total. The molecule has 0 aliphatic rings. The van der Waals surface area contributed by atoms with E-state index in [4.69, 9.17) is 27.9 Å². The van der Waals surface area contributed by atoms with Crippen LogP contribution in [0.15, 0.2) is 55.0 Å². The molecule has 3 aromatic rings. The molecule has 3 rings (SSSR count). The number of amides is 1. The molecule has 0 unspecified atom stereocenters. The Morgan fingerprint density at radius 2 is 1.96 bits per heavy atom. The largest absolute Gasteiger partial charge is 0.455 e. The van der Waals surface area contributed by atoms with E-state index in [1.165, 1.54) is 12.4 Å². The molecule has 28 heavy (non-hydrogen) atoms. The minimum Gasteiger partial charge on any atom is -0.455 e. The highest BCUT2D eigenvalue weighted by molar-refractivity contribution is 6.34. The number of nitrogens with one attached hydrogen (secondary N) is 1. The lowest BCUT2D eigenvalue weighted by Gasteiger charge is -2.16. The second-order valence-electron chi connectivity index (χ2n) is 6.11. The highest BCUT2D eigenvalue weighted by Gasteiger charge is 2.16. The summed E-state index contributed by atoms with van der Waals surface area (Å²) < 4.78 is 5.82. The molecule has 2 heterocycles. The average molecular weight is 417 g/mol. The first-order valence-corrected chi connectivity index (χ1v) is 9.17. The molecule has 8 heteroatoms. The van der Waals surface area contributed by atoms with E-state index in [-0.39, 0.29) is 11.5 Å². The number of halogens is 2. The normalized spacial score (nSPS) is 10.4.